The molecule has 1 aromatic heterocycles. The van der Waals surface area contributed by atoms with Crippen LogP contribution in [-0.4, -0.2) is 79.5 Å². The van der Waals surface area contributed by atoms with E-state index in [1.807, 2.05) is 32.9 Å². The van der Waals surface area contributed by atoms with E-state index in [1.165, 1.54) is 6.42 Å². The highest BCUT2D eigenvalue weighted by molar-refractivity contribution is 5.97. The van der Waals surface area contributed by atoms with E-state index in [2.05, 4.69) is 33.1 Å². The van der Waals surface area contributed by atoms with Crippen LogP contribution >= 0.6 is 0 Å². The van der Waals surface area contributed by atoms with Crippen LogP contribution < -0.4 is 20.5 Å². The van der Waals surface area contributed by atoms with Crippen LogP contribution in [0.5, 0.6) is 5.75 Å². The van der Waals surface area contributed by atoms with E-state index in [-0.39, 0.29) is 24.1 Å². The van der Waals surface area contributed by atoms with Gasteiger partial charge in [-0.05, 0) is 70.2 Å². The number of ether oxygens (including phenoxy) is 3. The summed E-state index contributed by atoms with van der Waals surface area (Å²) in [5.41, 5.74) is 4.71. The van der Waals surface area contributed by atoms with Crippen molar-refractivity contribution in [2.75, 3.05) is 44.4 Å². The lowest BCUT2D eigenvalue weighted by molar-refractivity contribution is -0.0729. The van der Waals surface area contributed by atoms with E-state index in [1.54, 1.807) is 0 Å². The summed E-state index contributed by atoms with van der Waals surface area (Å²) < 4.78 is 18.1. The zero-order valence-corrected chi connectivity index (χ0v) is 25.5. The molecule has 2 aromatic rings. The third kappa shape index (κ3) is 5.96. The molecule has 1 amide bonds. The van der Waals surface area contributed by atoms with Crippen molar-refractivity contribution in [3.8, 4) is 5.75 Å². The topological polar surface area (TPSA) is 96.1 Å². The van der Waals surface area contributed by atoms with Crippen LogP contribution in [0.1, 0.15) is 71.8 Å². The van der Waals surface area contributed by atoms with Crippen LogP contribution in [0.4, 0.5) is 5.69 Å². The number of nitrogens with one attached hydrogen (secondary N) is 2. The predicted octanol–water partition coefficient (Wildman–Crippen LogP) is 3.87. The van der Waals surface area contributed by atoms with Crippen molar-refractivity contribution < 1.29 is 19.0 Å². The summed E-state index contributed by atoms with van der Waals surface area (Å²) >= 11 is 0. The van der Waals surface area contributed by atoms with Gasteiger partial charge in [0.25, 0.3) is 11.5 Å². The largest absolute Gasteiger partial charge is 0.490 e. The highest BCUT2D eigenvalue weighted by Crippen LogP contribution is 2.41. The molecule has 7 rings (SSSR count). The van der Waals surface area contributed by atoms with Crippen LogP contribution in [-0.2, 0) is 16.0 Å². The first-order valence-corrected chi connectivity index (χ1v) is 15.8. The molecule has 42 heavy (non-hydrogen) atoms. The average molecular weight is 579 g/mol. The fraction of sp³-hybridized carbons (Fsp3) is 0.636. The van der Waals surface area contributed by atoms with Gasteiger partial charge in [-0.25, -0.2) is 0 Å². The first-order chi connectivity index (χ1) is 20.3. The van der Waals surface area contributed by atoms with Gasteiger partial charge < -0.3 is 29.4 Å². The summed E-state index contributed by atoms with van der Waals surface area (Å²) in [7, 11) is 0. The second-order valence-corrected chi connectivity index (χ2v) is 12.6. The van der Waals surface area contributed by atoms with Gasteiger partial charge in [-0.15, -0.1) is 0 Å². The zero-order chi connectivity index (χ0) is 29.4. The normalized spacial score (nSPS) is 27.4. The van der Waals surface area contributed by atoms with Crippen molar-refractivity contribution in [2.24, 2.45) is 5.92 Å². The molecule has 2 N–H and O–H groups in total. The Balaban J connectivity index is 1.25. The Morgan fingerprint density at radius 1 is 1.12 bits per heavy atom. The molecule has 228 valence electrons. The summed E-state index contributed by atoms with van der Waals surface area (Å²) in [4.78, 5) is 34.2. The number of nitrogens with zero attached hydrogens (tertiary/aromatic N) is 2. The van der Waals surface area contributed by atoms with E-state index in [0.29, 0.717) is 35.2 Å². The lowest BCUT2D eigenvalue weighted by atomic mass is 9.79. The maximum atomic E-state index is 13.7. The van der Waals surface area contributed by atoms with Crippen molar-refractivity contribution in [1.82, 2.24) is 15.2 Å². The maximum Gasteiger partial charge on any atom is 0.253 e. The summed E-state index contributed by atoms with van der Waals surface area (Å²) in [6, 6.07) is 6.90. The number of fused-ring (bicyclic) bond motifs is 3. The molecule has 3 unspecified atom stereocenters. The van der Waals surface area contributed by atoms with E-state index in [0.717, 1.165) is 93.4 Å². The summed E-state index contributed by atoms with van der Waals surface area (Å²) in [5.74, 6) is 1.04. The highest BCUT2D eigenvalue weighted by Gasteiger charge is 2.40. The van der Waals surface area contributed by atoms with Gasteiger partial charge in [0, 0.05) is 85.6 Å². The number of anilines is 1. The molecule has 0 radical (unpaired) electrons. The number of amides is 1. The number of H-pyrrole nitrogens is 1. The number of morpholine rings is 1. The molecule has 1 aromatic carbocycles. The lowest BCUT2D eigenvalue weighted by Crippen LogP contribution is -2.53. The number of carbonyl (C=O) groups is 1. The minimum atomic E-state index is -0.192. The van der Waals surface area contributed by atoms with Crippen LogP contribution in [0.15, 0.2) is 23.0 Å². The summed E-state index contributed by atoms with van der Waals surface area (Å²) in [5, 5.41) is 3.03. The Morgan fingerprint density at radius 2 is 1.90 bits per heavy atom. The SMILES string of the molecule is CCN(c1cc(O[C@H]2C[C@H](N3CCOCC3)C2)cc(C(=O)NCc2c(C)cc(C)[nH]c2=O)c1C)C1CC2CCC1CO2. The molecule has 5 aliphatic rings. The number of aromatic amines is 1. The molecule has 3 atom stereocenters. The number of aromatic nitrogens is 1. The molecule has 4 heterocycles. The van der Waals surface area contributed by atoms with Gasteiger partial charge >= 0.3 is 0 Å². The van der Waals surface area contributed by atoms with Gasteiger partial charge in [0.2, 0.25) is 0 Å². The second kappa shape index (κ2) is 12.4. The van der Waals surface area contributed by atoms with Gasteiger partial charge in [0.05, 0.1) is 25.9 Å². The molecule has 3 saturated heterocycles. The molecule has 2 aliphatic carbocycles. The fourth-order valence-electron chi connectivity index (χ4n) is 7.45. The van der Waals surface area contributed by atoms with Crippen molar-refractivity contribution >= 4 is 11.6 Å². The Kier molecular flexibility index (Phi) is 8.61. The van der Waals surface area contributed by atoms with Gasteiger partial charge in [-0.2, -0.15) is 0 Å². The van der Waals surface area contributed by atoms with Crippen molar-refractivity contribution in [3.05, 3.63) is 56.5 Å². The standard InChI is InChI=1S/C33H46N4O5/c1-5-37(31-16-25-7-6-23(31)19-41-25)30-17-27(42-26-13-24(14-26)36-8-10-40-11-9-36)15-28(22(30)4)32(38)34-18-29-20(2)12-21(3)35-33(29)39/h12,15,17,23-26,31H,5-11,13-14,16,18-19H2,1-4H3,(H,34,38)(H,35,39)/t23?,24-,25?,26-,31?. The van der Waals surface area contributed by atoms with E-state index in [9.17, 15) is 9.59 Å². The molecule has 5 fully saturated rings. The Hall–Kier alpha value is -2.88. The monoisotopic (exact) mass is 578 g/mol. The first-order valence-electron chi connectivity index (χ1n) is 15.8. The van der Waals surface area contributed by atoms with Crippen LogP contribution in [0.3, 0.4) is 0 Å². The molecule has 2 saturated carbocycles. The van der Waals surface area contributed by atoms with Crippen LogP contribution in [0, 0.1) is 26.7 Å². The maximum absolute atomic E-state index is 13.7. The van der Waals surface area contributed by atoms with Gasteiger partial charge in [-0.1, -0.05) is 0 Å². The third-order valence-electron chi connectivity index (χ3n) is 9.96. The van der Waals surface area contributed by atoms with Crippen molar-refractivity contribution in [2.45, 2.75) is 90.6 Å². The van der Waals surface area contributed by atoms with Crippen molar-refractivity contribution in [3.63, 3.8) is 0 Å². The predicted molar refractivity (Wildman–Crippen MR) is 163 cm³/mol. The van der Waals surface area contributed by atoms with Crippen LogP contribution in [0.2, 0.25) is 0 Å². The minimum absolute atomic E-state index is 0.132. The van der Waals surface area contributed by atoms with E-state index < -0.39 is 0 Å². The highest BCUT2D eigenvalue weighted by atomic mass is 16.5. The Morgan fingerprint density at radius 3 is 2.55 bits per heavy atom. The molecule has 2 bridgehead atoms. The molecule has 9 heteroatoms. The summed E-state index contributed by atoms with van der Waals surface area (Å²) in [6.45, 7) is 13.4. The Labute approximate surface area is 248 Å². The van der Waals surface area contributed by atoms with Crippen molar-refractivity contribution in [1.29, 1.82) is 0 Å². The second-order valence-electron chi connectivity index (χ2n) is 12.6. The van der Waals surface area contributed by atoms with Gasteiger partial charge in [-0.3, -0.25) is 14.5 Å². The Bertz CT molecular complexity index is 1340. The number of aryl methyl sites for hydroxylation is 2. The van der Waals surface area contributed by atoms with Gasteiger partial charge in [0.1, 0.15) is 11.9 Å². The molecular weight excluding hydrogens is 532 g/mol. The third-order valence-corrected chi connectivity index (χ3v) is 9.96. The molecule has 0 spiro atoms. The quantitative estimate of drug-likeness (QED) is 0.467. The summed E-state index contributed by atoms with van der Waals surface area (Å²) in [6.07, 6.45) is 5.76. The molecule has 9 nitrogen and oxygen atoms in total. The minimum Gasteiger partial charge on any atom is -0.490 e. The van der Waals surface area contributed by atoms with Gasteiger partial charge in [0.15, 0.2) is 0 Å². The average Bonchev–Trinajstić information content (AvgIpc) is 2.97. The first kappa shape index (κ1) is 29.2. The van der Waals surface area contributed by atoms with E-state index >= 15 is 0 Å². The smallest absolute Gasteiger partial charge is 0.253 e. The number of carbonyl (C=O) groups excluding carboxylic acids is 1. The molecule has 3 aliphatic heterocycles. The van der Waals surface area contributed by atoms with E-state index in [4.69, 9.17) is 14.2 Å². The van der Waals surface area contributed by atoms with Crippen LogP contribution in [0.25, 0.3) is 0 Å². The number of hydrogen-bond acceptors (Lipinski definition) is 7. The zero-order valence-electron chi connectivity index (χ0n) is 25.5. The lowest BCUT2D eigenvalue weighted by Gasteiger charge is -2.48. The fourth-order valence-corrected chi connectivity index (χ4v) is 7.45. The number of hydrogen-bond donors (Lipinski definition) is 2. The molecular formula is C33H46N4O5. The number of benzene rings is 1. The number of pyridine rings is 1. The number of rotatable bonds is 9.